The van der Waals surface area contributed by atoms with Crippen molar-refractivity contribution in [2.45, 2.75) is 33.8 Å². The Bertz CT molecular complexity index is 831. The Morgan fingerprint density at radius 3 is 2.30 bits per heavy atom. The fourth-order valence-corrected chi connectivity index (χ4v) is 3.31. The van der Waals surface area contributed by atoms with Crippen LogP contribution >= 0.6 is 23.8 Å². The molecule has 1 N–H and O–H groups in total. The van der Waals surface area contributed by atoms with Crippen molar-refractivity contribution in [3.63, 3.8) is 0 Å². The number of nitrogens with one attached hydrogen (secondary N) is 1. The minimum Gasteiger partial charge on any atom is -0.458 e. The van der Waals surface area contributed by atoms with Crippen LogP contribution in [0, 0.1) is 17.7 Å². The van der Waals surface area contributed by atoms with Gasteiger partial charge in [-0.25, -0.2) is 9.18 Å². The van der Waals surface area contributed by atoms with Gasteiger partial charge in [0, 0.05) is 11.3 Å². The van der Waals surface area contributed by atoms with Gasteiger partial charge in [-0.3, -0.25) is 0 Å². The summed E-state index contributed by atoms with van der Waals surface area (Å²) in [6.45, 7) is 8.02. The van der Waals surface area contributed by atoms with Crippen LogP contribution in [-0.4, -0.2) is 17.1 Å². The lowest BCUT2D eigenvalue weighted by molar-refractivity contribution is 0.00326. The first-order chi connectivity index (χ1) is 12.7. The summed E-state index contributed by atoms with van der Waals surface area (Å²) >= 11 is 11.5. The fraction of sp³-hybridized carbons (Fsp3) is 0.333. The van der Waals surface area contributed by atoms with E-state index >= 15 is 0 Å². The van der Waals surface area contributed by atoms with Crippen LogP contribution in [0.1, 0.15) is 43.6 Å². The molecule has 0 aliphatic heterocycles. The molecule has 0 aliphatic carbocycles. The van der Waals surface area contributed by atoms with E-state index in [2.05, 4.69) is 5.32 Å². The summed E-state index contributed by atoms with van der Waals surface area (Å²) in [5, 5.41) is 3.23. The lowest BCUT2D eigenvalue weighted by atomic mass is 9.96. The molecule has 0 bridgehead atoms. The quantitative estimate of drug-likeness (QED) is 0.463. The van der Waals surface area contributed by atoms with Gasteiger partial charge in [0.2, 0.25) is 0 Å². The van der Waals surface area contributed by atoms with Crippen molar-refractivity contribution in [3.05, 3.63) is 64.4 Å². The van der Waals surface area contributed by atoms with E-state index in [-0.39, 0.29) is 39.1 Å². The van der Waals surface area contributed by atoms with Gasteiger partial charge < -0.3 is 10.1 Å². The van der Waals surface area contributed by atoms with E-state index in [1.54, 1.807) is 36.4 Å². The summed E-state index contributed by atoms with van der Waals surface area (Å²) in [6, 6.07) is 11.1. The molecule has 0 aliphatic rings. The Labute approximate surface area is 169 Å². The second kappa shape index (κ2) is 9.29. The molecule has 0 fully saturated rings. The fourth-order valence-electron chi connectivity index (χ4n) is 2.83. The van der Waals surface area contributed by atoms with Crippen LogP contribution in [0.25, 0.3) is 0 Å². The van der Waals surface area contributed by atoms with Crippen molar-refractivity contribution in [2.24, 2.45) is 11.8 Å². The van der Waals surface area contributed by atoms with Crippen molar-refractivity contribution < 1.29 is 13.9 Å². The van der Waals surface area contributed by atoms with Gasteiger partial charge in [-0.1, -0.05) is 63.6 Å². The minimum absolute atomic E-state index is 0.183. The molecule has 6 heteroatoms. The first-order valence-corrected chi connectivity index (χ1v) is 9.55. The van der Waals surface area contributed by atoms with E-state index in [0.29, 0.717) is 5.69 Å². The topological polar surface area (TPSA) is 38.3 Å². The molecule has 0 heterocycles. The molecule has 27 heavy (non-hydrogen) atoms. The van der Waals surface area contributed by atoms with E-state index in [9.17, 15) is 9.18 Å². The average molecular weight is 408 g/mol. The summed E-state index contributed by atoms with van der Waals surface area (Å²) in [5.74, 6) is -0.543. The van der Waals surface area contributed by atoms with Crippen molar-refractivity contribution in [2.75, 3.05) is 5.32 Å². The molecule has 0 saturated carbocycles. The Hall–Kier alpha value is -1.98. The molecular weight excluding hydrogens is 385 g/mol. The predicted octanol–water partition coefficient (Wildman–Crippen LogP) is 6.10. The number of thiocarbonyl (C=S) groups is 1. The van der Waals surface area contributed by atoms with Gasteiger partial charge in [-0.05, 0) is 42.2 Å². The third-order valence-corrected chi connectivity index (χ3v) is 4.77. The molecule has 2 aromatic carbocycles. The van der Waals surface area contributed by atoms with Gasteiger partial charge in [0.25, 0.3) is 0 Å². The smallest absolute Gasteiger partial charge is 0.340 e. The number of carbonyl (C=O) groups excluding carboxylic acids is 1. The van der Waals surface area contributed by atoms with Crippen LogP contribution in [0.15, 0.2) is 42.5 Å². The molecule has 0 unspecified atom stereocenters. The van der Waals surface area contributed by atoms with Gasteiger partial charge in [0.15, 0.2) is 0 Å². The largest absolute Gasteiger partial charge is 0.458 e. The van der Waals surface area contributed by atoms with Crippen LogP contribution in [-0.2, 0) is 4.74 Å². The number of ether oxygens (including phenoxy) is 1. The van der Waals surface area contributed by atoms with Crippen molar-refractivity contribution in [1.82, 2.24) is 0 Å². The second-order valence-electron chi connectivity index (χ2n) is 6.99. The first kappa shape index (κ1) is 21.3. The molecule has 0 radical (unpaired) electrons. The van der Waals surface area contributed by atoms with Crippen molar-refractivity contribution >= 4 is 40.5 Å². The van der Waals surface area contributed by atoms with Crippen molar-refractivity contribution in [3.8, 4) is 0 Å². The molecule has 2 aromatic rings. The zero-order valence-electron chi connectivity index (χ0n) is 15.8. The molecule has 0 amide bonds. The Kier molecular flexibility index (Phi) is 7.33. The Morgan fingerprint density at radius 2 is 1.70 bits per heavy atom. The molecule has 0 aromatic heterocycles. The highest BCUT2D eigenvalue weighted by atomic mass is 35.5. The maximum Gasteiger partial charge on any atom is 0.340 e. The van der Waals surface area contributed by atoms with Gasteiger partial charge in [-0.2, -0.15) is 0 Å². The number of esters is 1. The van der Waals surface area contributed by atoms with Crippen LogP contribution in [0.5, 0.6) is 0 Å². The first-order valence-electron chi connectivity index (χ1n) is 8.77. The lowest BCUT2D eigenvalue weighted by Crippen LogP contribution is -2.29. The minimum atomic E-state index is -0.493. The molecular formula is C21H23ClFNO2S. The number of anilines is 1. The highest BCUT2D eigenvalue weighted by Gasteiger charge is 2.24. The molecule has 144 valence electrons. The highest BCUT2D eigenvalue weighted by molar-refractivity contribution is 7.81. The number of rotatable bonds is 6. The maximum absolute atomic E-state index is 13.9. The van der Waals surface area contributed by atoms with E-state index < -0.39 is 11.8 Å². The average Bonchev–Trinajstić information content (AvgIpc) is 2.60. The number of carbonyl (C=O) groups is 1. The number of benzene rings is 2. The third kappa shape index (κ3) is 5.50. The standard InChI is InChI=1S/C21H23ClFNO2S/c1-12(2)19(13(3)4)26-21(25)16-11-14(9-10-17(16)22)24-20(27)15-7-5-6-8-18(15)23/h5-13,19H,1-4H3,(H,24,27). The third-order valence-electron chi connectivity index (χ3n) is 4.12. The van der Waals surface area contributed by atoms with Crippen molar-refractivity contribution in [1.29, 1.82) is 0 Å². The number of hydrogen-bond donors (Lipinski definition) is 1. The molecule has 0 spiro atoms. The van der Waals surface area contributed by atoms with Crippen LogP contribution in [0.3, 0.4) is 0 Å². The summed E-state index contributed by atoms with van der Waals surface area (Å²) < 4.78 is 19.5. The van der Waals surface area contributed by atoms with Gasteiger partial charge in [-0.15, -0.1) is 0 Å². The Balaban J connectivity index is 2.22. The SMILES string of the molecule is CC(C)C(OC(=O)c1cc(NC(=S)c2ccccc2F)ccc1Cl)C(C)C. The Morgan fingerprint density at radius 1 is 1.07 bits per heavy atom. The van der Waals surface area contributed by atoms with E-state index in [0.717, 1.165) is 0 Å². The molecule has 2 rings (SSSR count). The van der Waals surface area contributed by atoms with Crippen LogP contribution in [0.4, 0.5) is 10.1 Å². The second-order valence-corrected chi connectivity index (χ2v) is 7.80. The summed E-state index contributed by atoms with van der Waals surface area (Å²) in [6.07, 6.45) is -0.218. The molecule has 0 atom stereocenters. The van der Waals surface area contributed by atoms with Gasteiger partial charge in [0.05, 0.1) is 10.6 Å². The maximum atomic E-state index is 13.9. The lowest BCUT2D eigenvalue weighted by Gasteiger charge is -2.25. The van der Waals surface area contributed by atoms with Crippen LogP contribution in [0.2, 0.25) is 5.02 Å². The number of halogens is 2. The van der Waals surface area contributed by atoms with E-state index in [1.165, 1.54) is 6.07 Å². The normalized spacial score (nSPS) is 11.1. The van der Waals surface area contributed by atoms with Crippen LogP contribution < -0.4 is 5.32 Å². The predicted molar refractivity (Wildman–Crippen MR) is 112 cm³/mol. The zero-order chi connectivity index (χ0) is 20.1. The van der Waals surface area contributed by atoms with E-state index in [1.807, 2.05) is 27.7 Å². The number of hydrogen-bond acceptors (Lipinski definition) is 3. The monoisotopic (exact) mass is 407 g/mol. The molecule has 0 saturated heterocycles. The zero-order valence-corrected chi connectivity index (χ0v) is 17.3. The summed E-state index contributed by atoms with van der Waals surface area (Å²) in [4.78, 5) is 12.8. The van der Waals surface area contributed by atoms with Gasteiger partial charge in [0.1, 0.15) is 16.9 Å². The molecule has 3 nitrogen and oxygen atoms in total. The van der Waals surface area contributed by atoms with E-state index in [4.69, 9.17) is 28.6 Å². The van der Waals surface area contributed by atoms with Gasteiger partial charge >= 0.3 is 5.97 Å². The highest BCUT2D eigenvalue weighted by Crippen LogP contribution is 2.25. The summed E-state index contributed by atoms with van der Waals surface area (Å²) in [5.41, 5.74) is 1.06. The summed E-state index contributed by atoms with van der Waals surface area (Å²) in [7, 11) is 0.